The monoisotopic (exact) mass is 536 g/mol. The third-order valence-electron chi connectivity index (χ3n) is 4.42. The van der Waals surface area contributed by atoms with Crippen molar-refractivity contribution in [1.82, 2.24) is 10.6 Å². The summed E-state index contributed by atoms with van der Waals surface area (Å²) in [7, 11) is 0. The molecule has 164 valence electrons. The number of nitrogens with zero attached hydrogens (tertiary/aromatic N) is 1. The van der Waals surface area contributed by atoms with Crippen molar-refractivity contribution >= 4 is 41.5 Å². The maximum atomic E-state index is 13.7. The number of aliphatic imine (C=N–C) groups is 1. The molecule has 2 aromatic carbocycles. The van der Waals surface area contributed by atoms with Crippen molar-refractivity contribution in [3.05, 3.63) is 89.1 Å². The van der Waals surface area contributed by atoms with E-state index in [0.29, 0.717) is 36.8 Å². The summed E-state index contributed by atoms with van der Waals surface area (Å²) in [5.41, 5.74) is 3.14. The van der Waals surface area contributed by atoms with Gasteiger partial charge < -0.3 is 20.4 Å². The van der Waals surface area contributed by atoms with Gasteiger partial charge in [-0.25, -0.2) is 9.38 Å². The molecule has 0 aliphatic rings. The first-order valence-corrected chi connectivity index (χ1v) is 9.76. The zero-order valence-corrected chi connectivity index (χ0v) is 19.8. The number of anilines is 1. The van der Waals surface area contributed by atoms with Crippen LogP contribution in [-0.2, 0) is 13.1 Å². The van der Waals surface area contributed by atoms with Gasteiger partial charge in [-0.3, -0.25) is 4.79 Å². The molecular weight excluding hydrogens is 510 g/mol. The van der Waals surface area contributed by atoms with Crippen molar-refractivity contribution in [2.45, 2.75) is 26.9 Å². The van der Waals surface area contributed by atoms with Crippen LogP contribution in [0.25, 0.3) is 0 Å². The molecule has 0 fully saturated rings. The molecule has 1 aromatic heterocycles. The molecule has 0 aliphatic heterocycles. The molecule has 0 aliphatic carbocycles. The van der Waals surface area contributed by atoms with Gasteiger partial charge in [-0.2, -0.15) is 0 Å². The Balaban J connectivity index is 0.00000341. The maximum absolute atomic E-state index is 13.7. The Hall–Kier alpha value is -2.88. The molecule has 0 saturated heterocycles. The van der Waals surface area contributed by atoms with Crippen LogP contribution in [0.2, 0.25) is 0 Å². The minimum atomic E-state index is -0.292. The molecule has 8 heteroatoms. The van der Waals surface area contributed by atoms with E-state index in [1.165, 1.54) is 12.3 Å². The van der Waals surface area contributed by atoms with Gasteiger partial charge in [-0.1, -0.05) is 24.3 Å². The minimum absolute atomic E-state index is 0. The van der Waals surface area contributed by atoms with Crippen molar-refractivity contribution in [3.8, 4) is 0 Å². The molecule has 0 radical (unpaired) electrons. The smallest absolute Gasteiger partial charge is 0.291 e. The summed E-state index contributed by atoms with van der Waals surface area (Å²) in [5, 5.41) is 9.22. The summed E-state index contributed by atoms with van der Waals surface area (Å²) in [6.07, 6.45) is 1.46. The highest BCUT2D eigenvalue weighted by Crippen LogP contribution is 2.12. The minimum Gasteiger partial charge on any atom is -0.459 e. The van der Waals surface area contributed by atoms with Gasteiger partial charge in [0.1, 0.15) is 5.82 Å². The lowest BCUT2D eigenvalue weighted by Crippen LogP contribution is -2.36. The van der Waals surface area contributed by atoms with Crippen molar-refractivity contribution in [1.29, 1.82) is 0 Å². The van der Waals surface area contributed by atoms with Crippen LogP contribution in [0, 0.1) is 12.7 Å². The predicted molar refractivity (Wildman–Crippen MR) is 131 cm³/mol. The van der Waals surface area contributed by atoms with Gasteiger partial charge in [-0.05, 0) is 60.9 Å². The number of carbonyl (C=O) groups is 1. The number of hydrogen-bond acceptors (Lipinski definition) is 3. The second-order valence-corrected chi connectivity index (χ2v) is 6.76. The molecule has 0 spiro atoms. The van der Waals surface area contributed by atoms with Gasteiger partial charge >= 0.3 is 0 Å². The first-order valence-electron chi connectivity index (χ1n) is 9.76. The Kier molecular flexibility index (Phi) is 9.51. The number of aryl methyl sites for hydroxylation is 1. The summed E-state index contributed by atoms with van der Waals surface area (Å²) < 4.78 is 18.8. The third-order valence-corrected chi connectivity index (χ3v) is 4.42. The number of rotatable bonds is 7. The Bertz CT molecular complexity index is 1000. The molecule has 31 heavy (non-hydrogen) atoms. The average molecular weight is 536 g/mol. The SMILES string of the molecule is CCNC(=NCc1ccc(C)c(F)c1)NCc1ccc(NC(=O)c2ccco2)cc1.I. The third kappa shape index (κ3) is 7.39. The van der Waals surface area contributed by atoms with Gasteiger partial charge in [0, 0.05) is 18.8 Å². The van der Waals surface area contributed by atoms with E-state index in [1.807, 2.05) is 37.3 Å². The van der Waals surface area contributed by atoms with E-state index in [0.717, 1.165) is 11.1 Å². The zero-order chi connectivity index (χ0) is 21.3. The van der Waals surface area contributed by atoms with Crippen LogP contribution >= 0.6 is 24.0 Å². The van der Waals surface area contributed by atoms with Crippen LogP contribution in [0.5, 0.6) is 0 Å². The fourth-order valence-electron chi connectivity index (χ4n) is 2.74. The second kappa shape index (κ2) is 12.1. The molecule has 0 unspecified atom stereocenters. The number of furan rings is 1. The number of carbonyl (C=O) groups excluding carboxylic acids is 1. The molecule has 0 atom stereocenters. The van der Waals surface area contributed by atoms with E-state index in [-0.39, 0.29) is 41.5 Å². The largest absolute Gasteiger partial charge is 0.459 e. The van der Waals surface area contributed by atoms with Crippen molar-refractivity contribution in [2.24, 2.45) is 4.99 Å². The quantitative estimate of drug-likeness (QED) is 0.229. The molecule has 3 rings (SSSR count). The number of amides is 1. The highest BCUT2D eigenvalue weighted by atomic mass is 127. The lowest BCUT2D eigenvalue weighted by molar-refractivity contribution is 0.0996. The molecule has 6 nitrogen and oxygen atoms in total. The predicted octanol–water partition coefficient (Wildman–Crippen LogP) is 4.85. The molecular formula is C23H26FIN4O2. The zero-order valence-electron chi connectivity index (χ0n) is 17.4. The second-order valence-electron chi connectivity index (χ2n) is 6.76. The summed E-state index contributed by atoms with van der Waals surface area (Å²) in [6.45, 7) is 5.37. The summed E-state index contributed by atoms with van der Waals surface area (Å²) >= 11 is 0. The lowest BCUT2D eigenvalue weighted by Gasteiger charge is -2.12. The summed E-state index contributed by atoms with van der Waals surface area (Å²) in [4.78, 5) is 16.5. The number of halogens is 2. The Morgan fingerprint density at radius 3 is 2.45 bits per heavy atom. The molecule has 0 saturated carbocycles. The van der Waals surface area contributed by atoms with Crippen LogP contribution < -0.4 is 16.0 Å². The van der Waals surface area contributed by atoms with Crippen LogP contribution in [0.3, 0.4) is 0 Å². The van der Waals surface area contributed by atoms with Crippen LogP contribution in [0.1, 0.15) is 34.2 Å². The first-order chi connectivity index (χ1) is 14.5. The van der Waals surface area contributed by atoms with Gasteiger partial charge in [0.15, 0.2) is 11.7 Å². The van der Waals surface area contributed by atoms with Gasteiger partial charge in [0.05, 0.1) is 12.8 Å². The Labute approximate surface area is 198 Å². The van der Waals surface area contributed by atoms with Crippen molar-refractivity contribution in [2.75, 3.05) is 11.9 Å². The van der Waals surface area contributed by atoms with E-state index in [2.05, 4.69) is 20.9 Å². The van der Waals surface area contributed by atoms with Crippen LogP contribution in [0.15, 0.2) is 70.3 Å². The fourth-order valence-corrected chi connectivity index (χ4v) is 2.74. The van der Waals surface area contributed by atoms with Crippen LogP contribution in [-0.4, -0.2) is 18.4 Å². The Morgan fingerprint density at radius 1 is 1.06 bits per heavy atom. The average Bonchev–Trinajstić information content (AvgIpc) is 3.29. The number of nitrogens with one attached hydrogen (secondary N) is 3. The highest BCUT2D eigenvalue weighted by Gasteiger charge is 2.08. The van der Waals surface area contributed by atoms with Crippen molar-refractivity contribution in [3.63, 3.8) is 0 Å². The first kappa shape index (κ1) is 24.4. The molecule has 1 amide bonds. The van der Waals surface area contributed by atoms with Crippen LogP contribution in [0.4, 0.5) is 10.1 Å². The topological polar surface area (TPSA) is 78.7 Å². The van der Waals surface area contributed by atoms with E-state index in [9.17, 15) is 9.18 Å². The molecule has 3 N–H and O–H groups in total. The standard InChI is InChI=1S/C23H25FN4O2.HI/c1-3-25-23(27-15-18-7-6-16(2)20(24)13-18)26-14-17-8-10-19(11-9-17)28-22(29)21-5-4-12-30-21;/h4-13H,3,14-15H2,1-2H3,(H,28,29)(H2,25,26,27);1H. The molecule has 3 aromatic rings. The maximum Gasteiger partial charge on any atom is 0.291 e. The van der Waals surface area contributed by atoms with E-state index in [4.69, 9.17) is 4.42 Å². The summed E-state index contributed by atoms with van der Waals surface area (Å²) in [6, 6.07) is 15.9. The van der Waals surface area contributed by atoms with Gasteiger partial charge in [-0.15, -0.1) is 24.0 Å². The van der Waals surface area contributed by atoms with E-state index < -0.39 is 0 Å². The van der Waals surface area contributed by atoms with E-state index >= 15 is 0 Å². The molecule has 1 heterocycles. The number of hydrogen-bond donors (Lipinski definition) is 3. The Morgan fingerprint density at radius 2 is 1.81 bits per heavy atom. The summed E-state index contributed by atoms with van der Waals surface area (Å²) in [5.74, 6) is 0.397. The normalized spacial score (nSPS) is 10.9. The number of benzene rings is 2. The lowest BCUT2D eigenvalue weighted by atomic mass is 10.1. The fraction of sp³-hybridized carbons (Fsp3) is 0.217. The van der Waals surface area contributed by atoms with Gasteiger partial charge in [0.2, 0.25) is 0 Å². The highest BCUT2D eigenvalue weighted by molar-refractivity contribution is 14.0. The van der Waals surface area contributed by atoms with Crippen molar-refractivity contribution < 1.29 is 13.6 Å². The number of guanidine groups is 1. The molecule has 0 bridgehead atoms. The van der Waals surface area contributed by atoms with E-state index in [1.54, 1.807) is 25.1 Å². The van der Waals surface area contributed by atoms with Gasteiger partial charge in [0.25, 0.3) is 5.91 Å².